The van der Waals surface area contributed by atoms with Crippen LogP contribution in [0.3, 0.4) is 0 Å². The molecule has 0 saturated carbocycles. The van der Waals surface area contributed by atoms with Crippen LogP contribution in [0.5, 0.6) is 0 Å². The predicted molar refractivity (Wildman–Crippen MR) is 48.0 cm³/mol. The van der Waals surface area contributed by atoms with Crippen LogP contribution in [0.1, 0.15) is 13.3 Å². The van der Waals surface area contributed by atoms with Crippen LogP contribution < -0.4 is 5.32 Å². The summed E-state index contributed by atoms with van der Waals surface area (Å²) in [5.41, 5.74) is 0. The normalized spacial score (nSPS) is 30.1. The van der Waals surface area contributed by atoms with Crippen molar-refractivity contribution in [1.82, 2.24) is 5.32 Å². The fourth-order valence-corrected chi connectivity index (χ4v) is 2.79. The Labute approximate surface area is 73.9 Å². The first-order valence-corrected chi connectivity index (χ1v) is 5.36. The summed E-state index contributed by atoms with van der Waals surface area (Å²) in [6.07, 6.45) is 0.757. The van der Waals surface area contributed by atoms with E-state index in [1.54, 1.807) is 0 Å². The molecular weight excluding hydrogens is 186 g/mol. The molecule has 1 heterocycles. The zero-order valence-electron chi connectivity index (χ0n) is 6.54. The van der Waals surface area contributed by atoms with E-state index in [4.69, 9.17) is 0 Å². The monoisotopic (exact) mass is 199 g/mol. The van der Waals surface area contributed by atoms with Gasteiger partial charge in [-0.2, -0.15) is 0 Å². The largest absolute Gasteiger partial charge is 0.313 e. The highest BCUT2D eigenvalue weighted by Gasteiger charge is 2.18. The smallest absolute Gasteiger partial charge is 0.151 e. The Morgan fingerprint density at radius 3 is 2.73 bits per heavy atom. The summed E-state index contributed by atoms with van der Waals surface area (Å²) >= 11 is 0. The van der Waals surface area contributed by atoms with Crippen LogP contribution in [-0.4, -0.2) is 32.5 Å². The molecule has 1 atom stereocenters. The molecular formula is C6H14ClNO2S. The van der Waals surface area contributed by atoms with Gasteiger partial charge < -0.3 is 5.32 Å². The molecule has 0 bridgehead atoms. The molecule has 0 aromatic carbocycles. The van der Waals surface area contributed by atoms with E-state index < -0.39 is 9.84 Å². The van der Waals surface area contributed by atoms with E-state index in [9.17, 15) is 8.42 Å². The van der Waals surface area contributed by atoms with E-state index in [1.165, 1.54) is 0 Å². The molecule has 0 aliphatic carbocycles. The third kappa shape index (κ3) is 3.94. The van der Waals surface area contributed by atoms with Gasteiger partial charge in [0.1, 0.15) is 0 Å². The zero-order valence-corrected chi connectivity index (χ0v) is 8.17. The fraction of sp³-hybridized carbons (Fsp3) is 1.00. The maximum Gasteiger partial charge on any atom is 0.151 e. The minimum atomic E-state index is -2.73. The van der Waals surface area contributed by atoms with Gasteiger partial charge in [-0.3, -0.25) is 0 Å². The minimum Gasteiger partial charge on any atom is -0.313 e. The Hall–Kier alpha value is 0.200. The molecule has 0 radical (unpaired) electrons. The van der Waals surface area contributed by atoms with Crippen LogP contribution in [0.2, 0.25) is 0 Å². The van der Waals surface area contributed by atoms with Crippen LogP contribution in [0.15, 0.2) is 0 Å². The number of hydrogen-bond acceptors (Lipinski definition) is 3. The minimum absolute atomic E-state index is 0. The standard InChI is InChI=1S/C6H13NO2S.ClH/c1-6-5-10(8,9)4-2-3-7-6;/h6-7H,2-5H2,1H3;1H. The SMILES string of the molecule is CC1CS(=O)(=O)CCCN1.Cl. The molecule has 11 heavy (non-hydrogen) atoms. The molecule has 0 spiro atoms. The van der Waals surface area contributed by atoms with Crippen molar-refractivity contribution in [2.45, 2.75) is 19.4 Å². The quantitative estimate of drug-likeness (QED) is 0.607. The van der Waals surface area contributed by atoms with Crippen LogP contribution in [0.4, 0.5) is 0 Å². The molecule has 1 rings (SSSR count). The van der Waals surface area contributed by atoms with Crippen molar-refractivity contribution in [1.29, 1.82) is 0 Å². The van der Waals surface area contributed by atoms with Gasteiger partial charge in [-0.25, -0.2) is 8.42 Å². The van der Waals surface area contributed by atoms with E-state index in [0.29, 0.717) is 11.5 Å². The highest BCUT2D eigenvalue weighted by molar-refractivity contribution is 7.91. The van der Waals surface area contributed by atoms with Gasteiger partial charge in [-0.1, -0.05) is 0 Å². The molecule has 0 aromatic rings. The average Bonchev–Trinajstić information content (AvgIpc) is 1.90. The van der Waals surface area contributed by atoms with Crippen molar-refractivity contribution in [3.63, 3.8) is 0 Å². The van der Waals surface area contributed by atoms with E-state index in [1.807, 2.05) is 6.92 Å². The lowest BCUT2D eigenvalue weighted by atomic mass is 10.4. The van der Waals surface area contributed by atoms with E-state index in [-0.39, 0.29) is 18.4 Å². The average molecular weight is 200 g/mol. The second-order valence-electron chi connectivity index (χ2n) is 2.82. The van der Waals surface area contributed by atoms with Crippen molar-refractivity contribution >= 4 is 22.2 Å². The first-order valence-electron chi connectivity index (χ1n) is 3.54. The Balaban J connectivity index is 0.000001000. The van der Waals surface area contributed by atoms with Gasteiger partial charge in [-0.15, -0.1) is 12.4 Å². The molecule has 1 aliphatic heterocycles. The van der Waals surface area contributed by atoms with Gasteiger partial charge in [0, 0.05) is 6.04 Å². The lowest BCUT2D eigenvalue weighted by Crippen LogP contribution is -2.29. The second kappa shape index (κ2) is 4.28. The van der Waals surface area contributed by atoms with Crippen molar-refractivity contribution in [3.05, 3.63) is 0 Å². The third-order valence-corrected chi connectivity index (χ3v) is 3.55. The Morgan fingerprint density at radius 1 is 1.45 bits per heavy atom. The molecule has 68 valence electrons. The predicted octanol–water partition coefficient (Wildman–Crippen LogP) is 0.205. The number of halogens is 1. The first kappa shape index (κ1) is 11.2. The Morgan fingerprint density at radius 2 is 2.09 bits per heavy atom. The fourth-order valence-electron chi connectivity index (χ4n) is 1.16. The van der Waals surface area contributed by atoms with Gasteiger partial charge in [0.15, 0.2) is 9.84 Å². The molecule has 0 aromatic heterocycles. The summed E-state index contributed by atoms with van der Waals surface area (Å²) in [5, 5.41) is 3.12. The summed E-state index contributed by atoms with van der Waals surface area (Å²) in [5.74, 6) is 0.650. The van der Waals surface area contributed by atoms with Crippen LogP contribution in [0.25, 0.3) is 0 Å². The topological polar surface area (TPSA) is 46.2 Å². The highest BCUT2D eigenvalue weighted by atomic mass is 35.5. The summed E-state index contributed by atoms with van der Waals surface area (Å²) in [4.78, 5) is 0. The van der Waals surface area contributed by atoms with Crippen LogP contribution in [0, 0.1) is 0 Å². The van der Waals surface area contributed by atoms with Crippen molar-refractivity contribution < 1.29 is 8.42 Å². The third-order valence-electron chi connectivity index (χ3n) is 1.63. The molecule has 1 unspecified atom stereocenters. The Kier molecular flexibility index (Phi) is 4.36. The van der Waals surface area contributed by atoms with Gasteiger partial charge in [0.05, 0.1) is 11.5 Å². The molecule has 5 heteroatoms. The first-order chi connectivity index (χ1) is 4.60. The van der Waals surface area contributed by atoms with E-state index >= 15 is 0 Å². The lowest BCUT2D eigenvalue weighted by Gasteiger charge is -2.06. The van der Waals surface area contributed by atoms with Gasteiger partial charge in [-0.05, 0) is 19.9 Å². The van der Waals surface area contributed by atoms with Crippen molar-refractivity contribution in [2.75, 3.05) is 18.1 Å². The number of sulfone groups is 1. The van der Waals surface area contributed by atoms with Crippen molar-refractivity contribution in [3.8, 4) is 0 Å². The number of nitrogens with one attached hydrogen (secondary N) is 1. The molecule has 0 amide bonds. The molecule has 3 nitrogen and oxygen atoms in total. The second-order valence-corrected chi connectivity index (χ2v) is 5.05. The van der Waals surface area contributed by atoms with E-state index in [0.717, 1.165) is 13.0 Å². The molecule has 1 N–H and O–H groups in total. The summed E-state index contributed by atoms with van der Waals surface area (Å²) < 4.78 is 22.1. The van der Waals surface area contributed by atoms with Crippen LogP contribution in [-0.2, 0) is 9.84 Å². The van der Waals surface area contributed by atoms with Gasteiger partial charge >= 0.3 is 0 Å². The molecule has 1 saturated heterocycles. The van der Waals surface area contributed by atoms with Gasteiger partial charge in [0.2, 0.25) is 0 Å². The number of hydrogen-bond donors (Lipinski definition) is 1. The van der Waals surface area contributed by atoms with Gasteiger partial charge in [0.25, 0.3) is 0 Å². The van der Waals surface area contributed by atoms with E-state index in [2.05, 4.69) is 5.32 Å². The Bertz CT molecular complexity index is 203. The van der Waals surface area contributed by atoms with Crippen molar-refractivity contribution in [2.24, 2.45) is 0 Å². The maximum atomic E-state index is 11.0. The zero-order chi connectivity index (χ0) is 7.61. The summed E-state index contributed by atoms with van der Waals surface area (Å²) in [6, 6.07) is 0.132. The van der Waals surface area contributed by atoms with Crippen LogP contribution >= 0.6 is 12.4 Å². The lowest BCUT2D eigenvalue weighted by molar-refractivity contribution is 0.580. The number of rotatable bonds is 0. The molecule has 1 aliphatic rings. The summed E-state index contributed by atoms with van der Waals surface area (Å²) in [7, 11) is -2.73. The highest BCUT2D eigenvalue weighted by Crippen LogP contribution is 2.01. The summed E-state index contributed by atoms with van der Waals surface area (Å²) in [6.45, 7) is 2.74. The molecule has 1 fully saturated rings. The maximum absolute atomic E-state index is 11.0.